The number of ether oxygens (including phenoxy) is 2. The number of alkyl carbamates (subject to hydrolysis) is 2. The lowest BCUT2D eigenvalue weighted by atomic mass is 10.1. The molecule has 0 bridgehead atoms. The smallest absolute Gasteiger partial charge is 0.407 e. The largest absolute Gasteiger partial charge is 0.453 e. The number of benzene rings is 1. The SMILES string of the molecule is COC(=O)N[C@H](C(=O)N1CCC[C@@H]1c1ncc(-c2ccc(-c3ncc(-c4cnc([C@H]5CCCN5C(=O)[C@@H](NC(=O)OC)C5CC5)[nH]4)cn3)cc2)[nH]1)C1CC1. The standard InChI is InChI=1S/C38H44N10O6/c1-53-37(51)45-30(22-9-10-22)35(49)47-15-3-5-28(47)33-41-19-26(43-33)21-7-13-24(14-8-21)32-39-17-25(18-40-32)27-20-42-34(44-27)29-6-4-16-48(29)36(50)31(23-11-12-23)46-38(52)54-2/h7-8,13-14,17-20,22-23,28-31H,3-6,9-12,15-16H2,1-2H3,(H,41,43)(H,42,44)(H,45,51)(H,46,52)/t28-,29-,30+,31+/m1/s1. The molecule has 3 aromatic heterocycles. The van der Waals surface area contributed by atoms with Crippen molar-refractivity contribution in [2.45, 2.75) is 75.5 Å². The number of imidazole rings is 2. The van der Waals surface area contributed by atoms with Crippen LogP contribution in [0.3, 0.4) is 0 Å². The van der Waals surface area contributed by atoms with Gasteiger partial charge in [-0.1, -0.05) is 24.3 Å². The van der Waals surface area contributed by atoms with E-state index in [4.69, 9.17) is 9.47 Å². The maximum atomic E-state index is 13.5. The van der Waals surface area contributed by atoms with Crippen molar-refractivity contribution in [2.24, 2.45) is 11.8 Å². The number of nitrogens with zero attached hydrogens (tertiary/aromatic N) is 6. The Morgan fingerprint density at radius 2 is 1.07 bits per heavy atom. The van der Waals surface area contributed by atoms with Crippen LogP contribution in [-0.4, -0.2) is 103 Å². The number of carbonyl (C=O) groups is 4. The molecule has 0 spiro atoms. The highest BCUT2D eigenvalue weighted by Crippen LogP contribution is 2.39. The maximum absolute atomic E-state index is 13.5. The first kappa shape index (κ1) is 35.2. The van der Waals surface area contributed by atoms with E-state index < -0.39 is 24.3 Å². The zero-order chi connectivity index (χ0) is 37.3. The zero-order valence-corrected chi connectivity index (χ0v) is 30.3. The molecule has 2 saturated carbocycles. The molecule has 8 rings (SSSR count). The summed E-state index contributed by atoms with van der Waals surface area (Å²) in [5.74, 6) is 2.06. The average molecular weight is 737 g/mol. The van der Waals surface area contributed by atoms with Gasteiger partial charge in [0, 0.05) is 36.6 Å². The second kappa shape index (κ2) is 14.9. The number of carbonyl (C=O) groups excluding carboxylic acids is 4. The molecule has 4 fully saturated rings. The van der Waals surface area contributed by atoms with Gasteiger partial charge in [-0.25, -0.2) is 29.5 Å². The molecule has 4 atom stereocenters. The molecule has 16 heteroatoms. The Labute approximate surface area is 311 Å². The molecule has 2 aliphatic heterocycles. The summed E-state index contributed by atoms with van der Waals surface area (Å²) in [7, 11) is 2.60. The number of H-pyrrole nitrogens is 2. The van der Waals surface area contributed by atoms with Crippen molar-refractivity contribution in [1.29, 1.82) is 0 Å². The van der Waals surface area contributed by atoms with Gasteiger partial charge in [0.2, 0.25) is 11.8 Å². The van der Waals surface area contributed by atoms with Gasteiger partial charge in [0.25, 0.3) is 0 Å². The summed E-state index contributed by atoms with van der Waals surface area (Å²) < 4.78 is 9.54. The van der Waals surface area contributed by atoms with Crippen LogP contribution in [0.5, 0.6) is 0 Å². The van der Waals surface area contributed by atoms with Crippen LogP contribution < -0.4 is 10.6 Å². The molecule has 0 radical (unpaired) electrons. The summed E-state index contributed by atoms with van der Waals surface area (Å²) >= 11 is 0. The number of hydrogen-bond acceptors (Lipinski definition) is 10. The number of aromatic amines is 2. The Bertz CT molecular complexity index is 1860. The summed E-state index contributed by atoms with van der Waals surface area (Å²) in [6.45, 7) is 1.21. The Hall–Kier alpha value is -5.80. The van der Waals surface area contributed by atoms with E-state index in [0.29, 0.717) is 24.7 Å². The summed E-state index contributed by atoms with van der Waals surface area (Å²) in [6, 6.07) is 6.28. The van der Waals surface area contributed by atoms with E-state index in [2.05, 4.69) is 40.5 Å². The quantitative estimate of drug-likeness (QED) is 0.170. The van der Waals surface area contributed by atoms with Gasteiger partial charge < -0.3 is 39.9 Å². The van der Waals surface area contributed by atoms with Crippen molar-refractivity contribution in [3.63, 3.8) is 0 Å². The van der Waals surface area contributed by atoms with Gasteiger partial charge in [-0.05, 0) is 68.8 Å². The predicted octanol–water partition coefficient (Wildman–Crippen LogP) is 4.52. The minimum absolute atomic E-state index is 0.0904. The van der Waals surface area contributed by atoms with Crippen molar-refractivity contribution in [1.82, 2.24) is 50.3 Å². The third-order valence-corrected chi connectivity index (χ3v) is 10.9. The number of amides is 4. The number of methoxy groups -OCH3 is 2. The van der Waals surface area contributed by atoms with Crippen LogP contribution in [0, 0.1) is 11.8 Å². The third-order valence-electron chi connectivity index (χ3n) is 10.9. The van der Waals surface area contributed by atoms with E-state index in [-0.39, 0.29) is 35.7 Å². The molecule has 2 aliphatic carbocycles. The van der Waals surface area contributed by atoms with E-state index >= 15 is 0 Å². The monoisotopic (exact) mass is 736 g/mol. The number of aromatic nitrogens is 6. The highest BCUT2D eigenvalue weighted by Gasteiger charge is 2.44. The highest BCUT2D eigenvalue weighted by atomic mass is 16.5. The summed E-state index contributed by atoms with van der Waals surface area (Å²) in [6.07, 6.45) is 12.7. The van der Waals surface area contributed by atoms with E-state index in [1.807, 2.05) is 34.1 Å². The summed E-state index contributed by atoms with van der Waals surface area (Å²) in [5.41, 5.74) is 4.12. The second-order valence-electron chi connectivity index (χ2n) is 14.5. The van der Waals surface area contributed by atoms with Crippen molar-refractivity contribution in [3.05, 3.63) is 60.7 Å². The third kappa shape index (κ3) is 7.24. The number of likely N-dealkylation sites (tertiary alicyclic amines) is 2. The lowest BCUT2D eigenvalue weighted by Crippen LogP contribution is -2.49. The molecule has 5 heterocycles. The fraction of sp³-hybridized carbons (Fsp3) is 0.474. The first-order chi connectivity index (χ1) is 26.3. The molecule has 16 nitrogen and oxygen atoms in total. The van der Waals surface area contributed by atoms with Gasteiger partial charge in [-0.2, -0.15) is 0 Å². The van der Waals surface area contributed by atoms with Crippen molar-refractivity contribution in [2.75, 3.05) is 27.3 Å². The first-order valence-electron chi connectivity index (χ1n) is 18.6. The molecule has 4 aliphatic rings. The number of nitrogens with one attached hydrogen (secondary N) is 4. The molecule has 2 saturated heterocycles. The van der Waals surface area contributed by atoms with Crippen LogP contribution in [-0.2, 0) is 19.1 Å². The highest BCUT2D eigenvalue weighted by molar-refractivity contribution is 5.87. The Morgan fingerprint density at radius 3 is 1.52 bits per heavy atom. The van der Waals surface area contributed by atoms with Crippen LogP contribution in [0.4, 0.5) is 9.59 Å². The minimum atomic E-state index is -0.597. The van der Waals surface area contributed by atoms with Crippen LogP contribution >= 0.6 is 0 Å². The number of rotatable bonds is 11. The van der Waals surface area contributed by atoms with Gasteiger partial charge in [-0.15, -0.1) is 0 Å². The summed E-state index contributed by atoms with van der Waals surface area (Å²) in [5, 5.41) is 5.48. The fourth-order valence-electron chi connectivity index (χ4n) is 7.70. The predicted molar refractivity (Wildman–Crippen MR) is 194 cm³/mol. The van der Waals surface area contributed by atoms with Gasteiger partial charge >= 0.3 is 12.2 Å². The molecule has 0 unspecified atom stereocenters. The van der Waals surface area contributed by atoms with Gasteiger partial charge in [0.05, 0.1) is 50.1 Å². The summed E-state index contributed by atoms with van der Waals surface area (Å²) in [4.78, 5) is 80.0. The number of hydrogen-bond donors (Lipinski definition) is 4. The Morgan fingerprint density at radius 1 is 0.630 bits per heavy atom. The van der Waals surface area contributed by atoms with Crippen molar-refractivity contribution < 1.29 is 28.7 Å². The lowest BCUT2D eigenvalue weighted by Gasteiger charge is -2.28. The molecular weight excluding hydrogens is 692 g/mol. The molecule has 54 heavy (non-hydrogen) atoms. The van der Waals surface area contributed by atoms with Gasteiger partial charge in [0.1, 0.15) is 23.7 Å². The minimum Gasteiger partial charge on any atom is -0.453 e. The lowest BCUT2D eigenvalue weighted by molar-refractivity contribution is -0.135. The molecular formula is C38H44N10O6. The van der Waals surface area contributed by atoms with Crippen molar-refractivity contribution >= 4 is 24.0 Å². The molecule has 4 aromatic rings. The van der Waals surface area contributed by atoms with E-state index in [0.717, 1.165) is 85.3 Å². The molecule has 4 N–H and O–H groups in total. The normalized spacial score (nSPS) is 20.7. The maximum Gasteiger partial charge on any atom is 0.407 e. The van der Waals surface area contributed by atoms with Crippen molar-refractivity contribution in [3.8, 4) is 33.9 Å². The van der Waals surface area contributed by atoms with E-state index in [1.54, 1.807) is 24.8 Å². The second-order valence-corrected chi connectivity index (χ2v) is 14.5. The first-order valence-corrected chi connectivity index (χ1v) is 18.6. The Balaban J connectivity index is 0.911. The van der Waals surface area contributed by atoms with Crippen LogP contribution in [0.25, 0.3) is 33.9 Å². The molecule has 4 amide bonds. The average Bonchev–Trinajstić information content (AvgIpc) is 3.92. The van der Waals surface area contributed by atoms with Gasteiger partial charge in [0.15, 0.2) is 5.82 Å². The topological polar surface area (TPSA) is 200 Å². The van der Waals surface area contributed by atoms with Gasteiger partial charge in [-0.3, -0.25) is 9.59 Å². The molecule has 282 valence electrons. The fourth-order valence-corrected chi connectivity index (χ4v) is 7.70. The zero-order valence-electron chi connectivity index (χ0n) is 30.3. The Kier molecular flexibility index (Phi) is 9.73. The van der Waals surface area contributed by atoms with Crippen LogP contribution in [0.1, 0.15) is 75.1 Å². The van der Waals surface area contributed by atoms with Crippen LogP contribution in [0.15, 0.2) is 49.1 Å². The molecule has 1 aromatic carbocycles. The van der Waals surface area contributed by atoms with Crippen LogP contribution in [0.2, 0.25) is 0 Å². The van der Waals surface area contributed by atoms with E-state index in [1.165, 1.54) is 14.2 Å². The van der Waals surface area contributed by atoms with E-state index in [9.17, 15) is 19.2 Å².